The lowest BCUT2D eigenvalue weighted by atomic mass is 10.0. The summed E-state index contributed by atoms with van der Waals surface area (Å²) in [4.78, 5) is 11.2. The monoisotopic (exact) mass is 242 g/mol. The van der Waals surface area contributed by atoms with Crippen molar-refractivity contribution in [1.82, 2.24) is 10.6 Å². The molecule has 0 aliphatic carbocycles. The van der Waals surface area contributed by atoms with E-state index in [1.165, 1.54) is 25.7 Å². The Bertz CT molecular complexity index is 257. The van der Waals surface area contributed by atoms with Crippen LogP contribution in [0.15, 0.2) is 0 Å². The van der Waals surface area contributed by atoms with Gasteiger partial charge in [-0.15, -0.1) is 0 Å². The topological polar surface area (TPSA) is 41.1 Å². The van der Waals surface area contributed by atoms with Crippen LogP contribution >= 0.6 is 11.8 Å². The quantitative estimate of drug-likeness (QED) is 0.574. The van der Waals surface area contributed by atoms with Crippen molar-refractivity contribution in [3.05, 3.63) is 0 Å². The van der Waals surface area contributed by atoms with E-state index in [2.05, 4.69) is 24.5 Å². The van der Waals surface area contributed by atoms with Crippen molar-refractivity contribution in [2.45, 2.75) is 56.9 Å². The van der Waals surface area contributed by atoms with Gasteiger partial charge in [-0.05, 0) is 12.3 Å². The standard InChI is InChI=1S/C12H22N2OS/c1-8(2)5-3-4-6-10-11-9(7-16-10)13-12(15)14-11/h8-11H,3-7H2,1-2H3,(H2,13,14,15). The van der Waals surface area contributed by atoms with Gasteiger partial charge >= 0.3 is 6.03 Å². The second kappa shape index (κ2) is 5.30. The van der Waals surface area contributed by atoms with Gasteiger partial charge in [0.25, 0.3) is 0 Å². The van der Waals surface area contributed by atoms with E-state index in [1.54, 1.807) is 0 Å². The molecule has 2 heterocycles. The molecular formula is C12H22N2OS. The van der Waals surface area contributed by atoms with E-state index in [9.17, 15) is 4.79 Å². The number of carbonyl (C=O) groups is 1. The molecule has 0 aromatic rings. The van der Waals surface area contributed by atoms with Crippen LogP contribution in [0.25, 0.3) is 0 Å². The molecule has 0 aromatic heterocycles. The van der Waals surface area contributed by atoms with Crippen molar-refractivity contribution in [2.24, 2.45) is 5.92 Å². The van der Waals surface area contributed by atoms with Crippen molar-refractivity contribution < 1.29 is 4.79 Å². The molecule has 2 amide bonds. The van der Waals surface area contributed by atoms with Gasteiger partial charge in [0, 0.05) is 11.0 Å². The van der Waals surface area contributed by atoms with Gasteiger partial charge in [-0.3, -0.25) is 0 Å². The van der Waals surface area contributed by atoms with Crippen molar-refractivity contribution in [3.8, 4) is 0 Å². The van der Waals surface area contributed by atoms with Crippen molar-refractivity contribution in [3.63, 3.8) is 0 Å². The highest BCUT2D eigenvalue weighted by molar-refractivity contribution is 8.00. The first-order chi connectivity index (χ1) is 7.66. The van der Waals surface area contributed by atoms with Gasteiger partial charge in [-0.25, -0.2) is 4.79 Å². The maximum atomic E-state index is 11.2. The fraction of sp³-hybridized carbons (Fsp3) is 0.917. The largest absolute Gasteiger partial charge is 0.332 e. The molecule has 3 atom stereocenters. The molecule has 2 aliphatic rings. The van der Waals surface area contributed by atoms with E-state index in [1.807, 2.05) is 11.8 Å². The van der Waals surface area contributed by atoms with E-state index in [4.69, 9.17) is 0 Å². The van der Waals surface area contributed by atoms with Crippen molar-refractivity contribution >= 4 is 17.8 Å². The maximum Gasteiger partial charge on any atom is 0.315 e. The summed E-state index contributed by atoms with van der Waals surface area (Å²) in [7, 11) is 0. The van der Waals surface area contributed by atoms with Crippen LogP contribution in [0.2, 0.25) is 0 Å². The highest BCUT2D eigenvalue weighted by Gasteiger charge is 2.42. The Balaban J connectivity index is 1.68. The predicted molar refractivity (Wildman–Crippen MR) is 68.8 cm³/mol. The molecule has 3 unspecified atom stereocenters. The molecule has 3 nitrogen and oxygen atoms in total. The third kappa shape index (κ3) is 2.84. The molecule has 0 saturated carbocycles. The van der Waals surface area contributed by atoms with Gasteiger partial charge in [0.05, 0.1) is 12.1 Å². The van der Waals surface area contributed by atoms with Gasteiger partial charge in [0.15, 0.2) is 0 Å². The second-order valence-electron chi connectivity index (χ2n) is 5.30. The van der Waals surface area contributed by atoms with Gasteiger partial charge in [0.2, 0.25) is 0 Å². The van der Waals surface area contributed by atoms with E-state index >= 15 is 0 Å². The summed E-state index contributed by atoms with van der Waals surface area (Å²) >= 11 is 2.02. The van der Waals surface area contributed by atoms with Crippen LogP contribution in [0.4, 0.5) is 4.79 Å². The Morgan fingerprint density at radius 3 is 2.94 bits per heavy atom. The summed E-state index contributed by atoms with van der Waals surface area (Å²) in [6.07, 6.45) is 5.21. The Kier molecular flexibility index (Phi) is 4.00. The minimum absolute atomic E-state index is 0.0301. The molecule has 16 heavy (non-hydrogen) atoms. The number of carbonyl (C=O) groups excluding carboxylic acids is 1. The molecule has 0 radical (unpaired) electrons. The summed E-state index contributed by atoms with van der Waals surface area (Å²) in [5.41, 5.74) is 0. The fourth-order valence-corrected chi connectivity index (χ4v) is 4.08. The molecule has 0 bridgehead atoms. The van der Waals surface area contributed by atoms with Gasteiger partial charge in [-0.1, -0.05) is 33.1 Å². The lowest BCUT2D eigenvalue weighted by molar-refractivity contribution is 0.247. The molecule has 2 fully saturated rings. The first kappa shape index (κ1) is 12.1. The van der Waals surface area contributed by atoms with E-state index in [0.717, 1.165) is 11.7 Å². The van der Waals surface area contributed by atoms with Crippen LogP contribution in [0.3, 0.4) is 0 Å². The number of unbranched alkanes of at least 4 members (excludes halogenated alkanes) is 1. The van der Waals surface area contributed by atoms with Crippen LogP contribution < -0.4 is 10.6 Å². The third-order valence-corrected chi connectivity index (χ3v) is 4.97. The summed E-state index contributed by atoms with van der Waals surface area (Å²) in [5, 5.41) is 6.66. The number of hydrogen-bond acceptors (Lipinski definition) is 2. The predicted octanol–water partition coefficient (Wildman–Crippen LogP) is 2.37. The zero-order chi connectivity index (χ0) is 11.5. The molecule has 2 N–H and O–H groups in total. The first-order valence-electron chi connectivity index (χ1n) is 6.35. The number of nitrogens with one attached hydrogen (secondary N) is 2. The maximum absolute atomic E-state index is 11.2. The Hall–Kier alpha value is -0.380. The minimum atomic E-state index is 0.0301. The van der Waals surface area contributed by atoms with Crippen molar-refractivity contribution in [2.75, 3.05) is 5.75 Å². The Labute approximate surface area is 102 Å². The first-order valence-corrected chi connectivity index (χ1v) is 7.40. The Morgan fingerprint density at radius 2 is 2.19 bits per heavy atom. The number of amides is 2. The number of rotatable bonds is 5. The smallest absolute Gasteiger partial charge is 0.315 e. The summed E-state index contributed by atoms with van der Waals surface area (Å²) in [5.74, 6) is 1.90. The number of urea groups is 1. The van der Waals surface area contributed by atoms with Crippen LogP contribution in [-0.2, 0) is 0 Å². The van der Waals surface area contributed by atoms with Crippen LogP contribution in [0.1, 0.15) is 39.5 Å². The normalized spacial score (nSPS) is 32.7. The number of hydrogen-bond donors (Lipinski definition) is 2. The fourth-order valence-electron chi connectivity index (χ4n) is 2.54. The molecule has 4 heteroatoms. The third-order valence-electron chi connectivity index (χ3n) is 3.46. The molecule has 2 saturated heterocycles. The summed E-state index contributed by atoms with van der Waals surface area (Å²) in [6.45, 7) is 4.56. The zero-order valence-electron chi connectivity index (χ0n) is 10.2. The molecule has 0 aromatic carbocycles. The summed E-state index contributed by atoms with van der Waals surface area (Å²) < 4.78 is 0. The zero-order valence-corrected chi connectivity index (χ0v) is 11.0. The van der Waals surface area contributed by atoms with Crippen LogP contribution in [0, 0.1) is 5.92 Å². The average Bonchev–Trinajstić information content (AvgIpc) is 2.72. The molecule has 2 rings (SSSR count). The van der Waals surface area contributed by atoms with E-state index < -0.39 is 0 Å². The van der Waals surface area contributed by atoms with Crippen LogP contribution in [0.5, 0.6) is 0 Å². The average molecular weight is 242 g/mol. The molecule has 92 valence electrons. The molecular weight excluding hydrogens is 220 g/mol. The molecule has 2 aliphatic heterocycles. The number of thioether (sulfide) groups is 1. The highest BCUT2D eigenvalue weighted by atomic mass is 32.2. The Morgan fingerprint density at radius 1 is 1.38 bits per heavy atom. The van der Waals surface area contributed by atoms with Gasteiger partial charge in [-0.2, -0.15) is 11.8 Å². The minimum Gasteiger partial charge on any atom is -0.332 e. The molecule has 0 spiro atoms. The summed E-state index contributed by atoms with van der Waals surface area (Å²) in [6, 6.07) is 0.798. The highest BCUT2D eigenvalue weighted by Crippen LogP contribution is 2.33. The number of fused-ring (bicyclic) bond motifs is 1. The SMILES string of the molecule is CC(C)CCCCC1SCC2NC(=O)NC21. The van der Waals surface area contributed by atoms with Gasteiger partial charge in [0.1, 0.15) is 0 Å². The van der Waals surface area contributed by atoms with Crippen LogP contribution in [-0.4, -0.2) is 29.1 Å². The van der Waals surface area contributed by atoms with Crippen molar-refractivity contribution in [1.29, 1.82) is 0 Å². The van der Waals surface area contributed by atoms with E-state index in [-0.39, 0.29) is 6.03 Å². The van der Waals surface area contributed by atoms with Gasteiger partial charge < -0.3 is 10.6 Å². The second-order valence-corrected chi connectivity index (χ2v) is 6.57. The lowest BCUT2D eigenvalue weighted by Crippen LogP contribution is -2.36. The lowest BCUT2D eigenvalue weighted by Gasteiger charge is -2.16. The van der Waals surface area contributed by atoms with E-state index in [0.29, 0.717) is 17.3 Å².